The van der Waals surface area contributed by atoms with Gasteiger partial charge < -0.3 is 10.5 Å². The van der Waals surface area contributed by atoms with E-state index in [1.54, 1.807) is 0 Å². The fraction of sp³-hybridized carbons (Fsp3) is 0.929. The molecule has 2 heterocycles. The van der Waals surface area contributed by atoms with Crippen molar-refractivity contribution in [1.82, 2.24) is 9.80 Å². The normalized spacial score (nSPS) is 34.3. The Hall–Kier alpha value is -0.650. The number of nitrogens with zero attached hydrogens (tertiary/aromatic N) is 2. The minimum absolute atomic E-state index is 0.0552. The summed E-state index contributed by atoms with van der Waals surface area (Å²) < 4.78 is 5.55. The molecule has 2 aliphatic rings. The lowest BCUT2D eigenvalue weighted by molar-refractivity contribution is -0.124. The number of hydrogen-bond donors (Lipinski definition) is 1. The Morgan fingerprint density at radius 3 is 2.53 bits per heavy atom. The van der Waals surface area contributed by atoms with Gasteiger partial charge in [0.2, 0.25) is 5.91 Å². The lowest BCUT2D eigenvalue weighted by Gasteiger charge is -2.41. The monoisotopic (exact) mass is 269 g/mol. The molecule has 5 heteroatoms. The predicted molar refractivity (Wildman–Crippen MR) is 74.9 cm³/mol. The quantitative estimate of drug-likeness (QED) is 0.804. The first-order valence-corrected chi connectivity index (χ1v) is 7.46. The van der Waals surface area contributed by atoms with Gasteiger partial charge in [-0.15, -0.1) is 0 Å². The SMILES string of the molecule is CC1COCC(C)N1CCN1CCCCC1C(N)=O. The van der Waals surface area contributed by atoms with Gasteiger partial charge in [-0.3, -0.25) is 14.6 Å². The second-order valence-corrected chi connectivity index (χ2v) is 5.92. The molecule has 0 aromatic rings. The van der Waals surface area contributed by atoms with Crippen molar-refractivity contribution in [3.05, 3.63) is 0 Å². The van der Waals surface area contributed by atoms with Crippen LogP contribution in [0.4, 0.5) is 0 Å². The predicted octanol–water partition coefficient (Wildman–Crippen LogP) is 0.435. The number of likely N-dealkylation sites (tertiary alicyclic amines) is 1. The molecular weight excluding hydrogens is 242 g/mol. The molecule has 3 unspecified atom stereocenters. The van der Waals surface area contributed by atoms with E-state index in [2.05, 4.69) is 23.6 Å². The molecule has 19 heavy (non-hydrogen) atoms. The van der Waals surface area contributed by atoms with Crippen LogP contribution in [0.2, 0.25) is 0 Å². The molecule has 0 aromatic carbocycles. The molecule has 0 radical (unpaired) electrons. The summed E-state index contributed by atoms with van der Waals surface area (Å²) in [5, 5.41) is 0. The van der Waals surface area contributed by atoms with Crippen molar-refractivity contribution >= 4 is 5.91 Å². The Morgan fingerprint density at radius 1 is 1.21 bits per heavy atom. The number of primary amides is 1. The van der Waals surface area contributed by atoms with Crippen molar-refractivity contribution in [2.24, 2.45) is 5.73 Å². The Labute approximate surface area is 116 Å². The van der Waals surface area contributed by atoms with E-state index < -0.39 is 0 Å². The van der Waals surface area contributed by atoms with Gasteiger partial charge in [0, 0.05) is 25.2 Å². The fourth-order valence-corrected chi connectivity index (χ4v) is 3.30. The number of nitrogens with two attached hydrogens (primary N) is 1. The molecule has 2 aliphatic heterocycles. The van der Waals surface area contributed by atoms with Crippen molar-refractivity contribution < 1.29 is 9.53 Å². The molecule has 0 bridgehead atoms. The Kier molecular flexibility index (Phi) is 5.19. The van der Waals surface area contributed by atoms with Gasteiger partial charge in [-0.1, -0.05) is 6.42 Å². The zero-order valence-electron chi connectivity index (χ0n) is 12.2. The van der Waals surface area contributed by atoms with Gasteiger partial charge in [0.05, 0.1) is 19.3 Å². The highest BCUT2D eigenvalue weighted by atomic mass is 16.5. The minimum atomic E-state index is -0.164. The summed E-state index contributed by atoms with van der Waals surface area (Å²) >= 11 is 0. The molecule has 3 atom stereocenters. The molecule has 1 amide bonds. The number of piperidine rings is 1. The molecule has 2 rings (SSSR count). The molecule has 2 saturated heterocycles. The lowest BCUT2D eigenvalue weighted by Crippen LogP contribution is -2.54. The van der Waals surface area contributed by atoms with Gasteiger partial charge in [-0.25, -0.2) is 0 Å². The van der Waals surface area contributed by atoms with Crippen molar-refractivity contribution in [2.45, 2.75) is 51.2 Å². The van der Waals surface area contributed by atoms with Crippen LogP contribution in [0.25, 0.3) is 0 Å². The number of hydrogen-bond acceptors (Lipinski definition) is 4. The van der Waals surface area contributed by atoms with Crippen LogP contribution in [0.3, 0.4) is 0 Å². The van der Waals surface area contributed by atoms with Gasteiger partial charge >= 0.3 is 0 Å². The Morgan fingerprint density at radius 2 is 1.89 bits per heavy atom. The minimum Gasteiger partial charge on any atom is -0.378 e. The third-order valence-corrected chi connectivity index (χ3v) is 4.44. The van der Waals surface area contributed by atoms with E-state index in [0.29, 0.717) is 12.1 Å². The Bertz CT molecular complexity index is 301. The number of amides is 1. The van der Waals surface area contributed by atoms with E-state index in [9.17, 15) is 4.79 Å². The van der Waals surface area contributed by atoms with Gasteiger partial charge in [-0.05, 0) is 33.2 Å². The summed E-state index contributed by atoms with van der Waals surface area (Å²) in [7, 11) is 0. The van der Waals surface area contributed by atoms with Gasteiger partial charge in [0.25, 0.3) is 0 Å². The van der Waals surface area contributed by atoms with Crippen LogP contribution < -0.4 is 5.73 Å². The van der Waals surface area contributed by atoms with E-state index in [-0.39, 0.29) is 11.9 Å². The summed E-state index contributed by atoms with van der Waals surface area (Å²) in [4.78, 5) is 16.2. The standard InChI is InChI=1S/C14H27N3O2/c1-11-9-19-10-12(2)17(11)8-7-16-6-4-3-5-13(16)14(15)18/h11-13H,3-10H2,1-2H3,(H2,15,18). The van der Waals surface area contributed by atoms with E-state index in [1.807, 2.05) is 0 Å². The number of ether oxygens (including phenoxy) is 1. The highest BCUT2D eigenvalue weighted by Gasteiger charge is 2.29. The average Bonchev–Trinajstić information content (AvgIpc) is 2.38. The topological polar surface area (TPSA) is 58.8 Å². The maximum atomic E-state index is 11.5. The van der Waals surface area contributed by atoms with Crippen molar-refractivity contribution in [1.29, 1.82) is 0 Å². The van der Waals surface area contributed by atoms with Crippen molar-refractivity contribution in [3.63, 3.8) is 0 Å². The summed E-state index contributed by atoms with van der Waals surface area (Å²) in [5.41, 5.74) is 5.51. The third-order valence-electron chi connectivity index (χ3n) is 4.44. The molecule has 110 valence electrons. The van der Waals surface area contributed by atoms with Crippen LogP contribution >= 0.6 is 0 Å². The average molecular weight is 269 g/mol. The molecule has 2 fully saturated rings. The first kappa shape index (κ1) is 14.8. The highest BCUT2D eigenvalue weighted by Crippen LogP contribution is 2.18. The second kappa shape index (κ2) is 6.68. The smallest absolute Gasteiger partial charge is 0.234 e. The number of carbonyl (C=O) groups is 1. The van der Waals surface area contributed by atoms with Crippen LogP contribution in [-0.2, 0) is 9.53 Å². The van der Waals surface area contributed by atoms with Gasteiger partial charge in [0.15, 0.2) is 0 Å². The summed E-state index contributed by atoms with van der Waals surface area (Å²) in [6.07, 6.45) is 3.22. The van der Waals surface area contributed by atoms with Gasteiger partial charge in [0.1, 0.15) is 0 Å². The third kappa shape index (κ3) is 3.68. The van der Waals surface area contributed by atoms with E-state index in [0.717, 1.165) is 45.7 Å². The fourth-order valence-electron chi connectivity index (χ4n) is 3.30. The zero-order chi connectivity index (χ0) is 13.8. The second-order valence-electron chi connectivity index (χ2n) is 5.92. The van der Waals surface area contributed by atoms with Crippen LogP contribution in [-0.4, -0.2) is 66.7 Å². The van der Waals surface area contributed by atoms with Gasteiger partial charge in [-0.2, -0.15) is 0 Å². The van der Waals surface area contributed by atoms with Crippen molar-refractivity contribution in [2.75, 3.05) is 32.8 Å². The van der Waals surface area contributed by atoms with Crippen molar-refractivity contribution in [3.8, 4) is 0 Å². The molecule has 2 N–H and O–H groups in total. The lowest BCUT2D eigenvalue weighted by atomic mass is 10.0. The summed E-state index contributed by atoms with van der Waals surface area (Å²) in [6.45, 7) is 8.96. The van der Waals surface area contributed by atoms with Crippen LogP contribution in [0.15, 0.2) is 0 Å². The van der Waals surface area contributed by atoms with E-state index in [1.165, 1.54) is 6.42 Å². The number of rotatable bonds is 4. The highest BCUT2D eigenvalue weighted by molar-refractivity contribution is 5.79. The molecule has 0 spiro atoms. The Balaban J connectivity index is 1.87. The summed E-state index contributed by atoms with van der Waals surface area (Å²) in [6, 6.07) is 0.863. The first-order chi connectivity index (χ1) is 9.09. The van der Waals surface area contributed by atoms with Crippen LogP contribution in [0.5, 0.6) is 0 Å². The molecular formula is C14H27N3O2. The van der Waals surface area contributed by atoms with Crippen LogP contribution in [0, 0.1) is 0 Å². The summed E-state index contributed by atoms with van der Waals surface area (Å²) in [5.74, 6) is -0.164. The molecule has 0 saturated carbocycles. The van der Waals surface area contributed by atoms with E-state index in [4.69, 9.17) is 10.5 Å². The molecule has 5 nitrogen and oxygen atoms in total. The maximum absolute atomic E-state index is 11.5. The molecule has 0 aliphatic carbocycles. The molecule has 0 aromatic heterocycles. The van der Waals surface area contributed by atoms with E-state index >= 15 is 0 Å². The van der Waals surface area contributed by atoms with Crippen LogP contribution in [0.1, 0.15) is 33.1 Å². The maximum Gasteiger partial charge on any atom is 0.234 e. The number of carbonyl (C=O) groups excluding carboxylic acids is 1. The first-order valence-electron chi connectivity index (χ1n) is 7.46. The number of morpholine rings is 1. The zero-order valence-corrected chi connectivity index (χ0v) is 12.2. The largest absolute Gasteiger partial charge is 0.378 e.